The number of hydrogen-bond acceptors (Lipinski definition) is 7. The highest BCUT2D eigenvalue weighted by atomic mass is 19.4. The van der Waals surface area contributed by atoms with Crippen LogP contribution in [0.15, 0.2) is 60.8 Å². The first-order valence-electron chi connectivity index (χ1n) is 16.0. The Morgan fingerprint density at radius 3 is 2.44 bits per heavy atom. The number of halogens is 6. The second-order valence-corrected chi connectivity index (χ2v) is 12.2. The highest BCUT2D eigenvalue weighted by molar-refractivity contribution is 6.00. The number of hydrogen-bond donors (Lipinski definition) is 3. The van der Waals surface area contributed by atoms with Crippen LogP contribution in [0.4, 0.5) is 26.3 Å². The van der Waals surface area contributed by atoms with Gasteiger partial charge in [-0.25, -0.2) is 18.2 Å². The first-order chi connectivity index (χ1) is 24.6. The van der Waals surface area contributed by atoms with Crippen molar-refractivity contribution in [3.8, 4) is 22.8 Å². The lowest BCUT2D eigenvalue weighted by atomic mass is 9.87. The molecular weight excluding hydrogens is 696 g/mol. The lowest BCUT2D eigenvalue weighted by Crippen LogP contribution is -2.42. The molecule has 0 saturated heterocycles. The number of nitrogens with zero attached hydrogens (tertiary/aromatic N) is 3. The number of rotatable bonds is 12. The summed E-state index contributed by atoms with van der Waals surface area (Å²) in [6.45, 7) is 0.620. The number of methoxy groups -OCH3 is 1. The van der Waals surface area contributed by atoms with Crippen molar-refractivity contribution in [1.82, 2.24) is 20.1 Å². The van der Waals surface area contributed by atoms with Gasteiger partial charge in [0, 0.05) is 34.3 Å². The van der Waals surface area contributed by atoms with Crippen molar-refractivity contribution in [2.24, 2.45) is 5.73 Å². The highest BCUT2D eigenvalue weighted by Crippen LogP contribution is 2.42. The third kappa shape index (κ3) is 7.10. The van der Waals surface area contributed by atoms with Crippen LogP contribution < -0.4 is 20.5 Å². The average Bonchev–Trinajstić information content (AvgIpc) is 3.85. The fourth-order valence-electron chi connectivity index (χ4n) is 5.88. The van der Waals surface area contributed by atoms with Gasteiger partial charge in [-0.15, -0.1) is 0 Å². The normalized spacial score (nSPS) is 14.2. The zero-order chi connectivity index (χ0) is 37.5. The summed E-state index contributed by atoms with van der Waals surface area (Å²) in [4.78, 5) is 30.2. The second kappa shape index (κ2) is 13.8. The van der Waals surface area contributed by atoms with E-state index >= 15 is 4.39 Å². The largest absolute Gasteiger partial charge is 0.494 e. The lowest BCUT2D eigenvalue weighted by molar-refractivity contribution is -0.140. The van der Waals surface area contributed by atoms with Crippen LogP contribution in [0.3, 0.4) is 0 Å². The van der Waals surface area contributed by atoms with Crippen LogP contribution in [0.5, 0.6) is 11.5 Å². The maximum Gasteiger partial charge on any atom is 0.419 e. The summed E-state index contributed by atoms with van der Waals surface area (Å²) in [5.41, 5.74) is -0.543. The number of nitrogens with one attached hydrogen (secondary N) is 1. The molecule has 16 heteroatoms. The van der Waals surface area contributed by atoms with Gasteiger partial charge in [0.25, 0.3) is 5.91 Å². The summed E-state index contributed by atoms with van der Waals surface area (Å²) in [6, 6.07) is 9.14. The molecule has 0 unspecified atom stereocenters. The van der Waals surface area contributed by atoms with E-state index in [1.807, 2.05) is 0 Å². The molecule has 272 valence electrons. The summed E-state index contributed by atoms with van der Waals surface area (Å²) in [7, 11) is 1.41. The molecule has 2 amide bonds. The molecule has 1 saturated carbocycles. The van der Waals surface area contributed by atoms with E-state index in [1.165, 1.54) is 32.2 Å². The molecule has 0 radical (unpaired) electrons. The van der Waals surface area contributed by atoms with E-state index in [0.717, 1.165) is 31.0 Å². The number of aromatic nitrogens is 3. The van der Waals surface area contributed by atoms with Crippen LogP contribution in [0.1, 0.15) is 58.5 Å². The Bertz CT molecular complexity index is 2200. The van der Waals surface area contributed by atoms with Gasteiger partial charge < -0.3 is 25.6 Å². The molecule has 3 aromatic carbocycles. The Balaban J connectivity index is 1.50. The molecule has 10 nitrogen and oxygen atoms in total. The number of pyridine rings is 1. The molecule has 1 aliphatic rings. The molecule has 52 heavy (non-hydrogen) atoms. The Labute approximate surface area is 292 Å². The average molecular weight is 728 g/mol. The summed E-state index contributed by atoms with van der Waals surface area (Å²) in [5.74, 6) is -5.92. The first kappa shape index (κ1) is 36.2. The summed E-state index contributed by atoms with van der Waals surface area (Å²) in [6.07, 6.45) is -2.18. The van der Waals surface area contributed by atoms with E-state index in [9.17, 15) is 36.6 Å². The summed E-state index contributed by atoms with van der Waals surface area (Å²) in [5, 5.41) is 20.1. The van der Waals surface area contributed by atoms with Crippen LogP contribution in [-0.2, 0) is 23.0 Å². The van der Waals surface area contributed by atoms with E-state index in [-0.39, 0.29) is 47.2 Å². The minimum Gasteiger partial charge on any atom is -0.494 e. The molecular formula is C36H31F6N5O5. The number of fused-ring (bicyclic) bond motifs is 1. The molecule has 0 spiro atoms. The number of alkyl halides is 3. The highest BCUT2D eigenvalue weighted by Gasteiger charge is 2.39. The number of primary amides is 1. The predicted molar refractivity (Wildman–Crippen MR) is 175 cm³/mol. The van der Waals surface area contributed by atoms with Crippen LogP contribution in [-0.4, -0.2) is 51.9 Å². The van der Waals surface area contributed by atoms with Gasteiger partial charge in [-0.3, -0.25) is 14.3 Å². The van der Waals surface area contributed by atoms with Gasteiger partial charge in [0.05, 0.1) is 44.0 Å². The van der Waals surface area contributed by atoms with Gasteiger partial charge in [0.2, 0.25) is 5.91 Å². The van der Waals surface area contributed by atoms with E-state index < -0.39 is 76.5 Å². The zero-order valence-electron chi connectivity index (χ0n) is 27.7. The molecule has 1 atom stereocenters. The minimum atomic E-state index is -5.25. The molecule has 6 rings (SSSR count). The van der Waals surface area contributed by atoms with Gasteiger partial charge in [-0.05, 0) is 61.7 Å². The molecule has 2 heterocycles. The van der Waals surface area contributed by atoms with Crippen molar-refractivity contribution >= 4 is 22.7 Å². The molecule has 4 N–H and O–H groups in total. The Morgan fingerprint density at radius 2 is 1.81 bits per heavy atom. The van der Waals surface area contributed by atoms with E-state index in [1.54, 1.807) is 16.9 Å². The number of benzene rings is 3. The number of carbonyl (C=O) groups excluding carboxylic acids is 2. The van der Waals surface area contributed by atoms with E-state index in [2.05, 4.69) is 15.4 Å². The summed E-state index contributed by atoms with van der Waals surface area (Å²) < 4.78 is 98.7. The van der Waals surface area contributed by atoms with Crippen LogP contribution in [0.25, 0.3) is 22.2 Å². The zero-order valence-corrected chi connectivity index (χ0v) is 27.7. The number of aliphatic hydroxyl groups is 1. The SMILES string of the molecule is CCOc1c(CC(N)=O)cc([C@@](O)(CNC(=O)c2cc(OC)c3nn(C4CC4)cc3c2)c2cccc(F)c2)nc1-c1cc(C(F)(F)F)c(F)cc1F. The molecule has 0 aliphatic heterocycles. The standard InChI is InChI=1S/C36H31F6N5O5/c1-3-52-33-18(12-30(43)48)11-29(45-32(33)24-14-25(36(40,41)42)27(39)15-26(24)38)35(50,21-5-4-6-22(37)13-21)17-44-34(49)19-9-20-16-47(23-7-8-23)46-31(20)28(10-19)51-2/h4-6,9-11,13-16,23,50H,3,7-8,12,17H2,1-2H3,(H2,43,48)(H,44,49)/t35-/m1/s1. The number of ether oxygens (including phenoxy) is 2. The van der Waals surface area contributed by atoms with Crippen LogP contribution >= 0.6 is 0 Å². The van der Waals surface area contributed by atoms with Gasteiger partial charge in [-0.2, -0.15) is 18.3 Å². The number of amides is 2. The molecule has 0 bridgehead atoms. The van der Waals surface area contributed by atoms with Crippen molar-refractivity contribution in [2.75, 3.05) is 20.3 Å². The van der Waals surface area contributed by atoms with Crippen LogP contribution in [0.2, 0.25) is 0 Å². The van der Waals surface area contributed by atoms with Crippen molar-refractivity contribution in [2.45, 2.75) is 44.0 Å². The summed E-state index contributed by atoms with van der Waals surface area (Å²) >= 11 is 0. The van der Waals surface area contributed by atoms with Gasteiger partial charge >= 0.3 is 6.18 Å². The van der Waals surface area contributed by atoms with E-state index in [4.69, 9.17) is 15.2 Å². The predicted octanol–water partition coefficient (Wildman–Crippen LogP) is 5.97. The maximum absolute atomic E-state index is 15.4. The maximum atomic E-state index is 15.4. The van der Waals surface area contributed by atoms with Crippen molar-refractivity contribution in [3.05, 3.63) is 106 Å². The fourth-order valence-corrected chi connectivity index (χ4v) is 5.88. The lowest BCUT2D eigenvalue weighted by Gasteiger charge is -2.30. The minimum absolute atomic E-state index is 0.0223. The number of carbonyl (C=O) groups is 2. The van der Waals surface area contributed by atoms with Gasteiger partial charge in [-0.1, -0.05) is 12.1 Å². The molecule has 1 fully saturated rings. The quantitative estimate of drug-likeness (QED) is 0.135. The molecule has 1 aliphatic carbocycles. The molecule has 5 aromatic rings. The molecule has 2 aromatic heterocycles. The van der Waals surface area contributed by atoms with E-state index in [0.29, 0.717) is 16.7 Å². The van der Waals surface area contributed by atoms with Gasteiger partial charge in [0.15, 0.2) is 0 Å². The Hall–Kier alpha value is -5.64. The second-order valence-electron chi connectivity index (χ2n) is 12.2. The van der Waals surface area contributed by atoms with Crippen molar-refractivity contribution in [3.63, 3.8) is 0 Å². The van der Waals surface area contributed by atoms with Gasteiger partial charge in [0.1, 0.15) is 45.8 Å². The monoisotopic (exact) mass is 727 g/mol. The Morgan fingerprint density at radius 1 is 1.06 bits per heavy atom. The third-order valence-corrected chi connectivity index (χ3v) is 8.55. The fraction of sp³-hybridized carbons (Fsp3) is 0.278. The third-order valence-electron chi connectivity index (χ3n) is 8.55. The topological polar surface area (TPSA) is 142 Å². The first-order valence-corrected chi connectivity index (χ1v) is 16.0. The smallest absolute Gasteiger partial charge is 0.419 e. The number of nitrogens with two attached hydrogens (primary N) is 1. The van der Waals surface area contributed by atoms with Crippen LogP contribution in [0, 0.1) is 17.5 Å². The van der Waals surface area contributed by atoms with Crippen molar-refractivity contribution < 1.29 is 50.5 Å². The Kier molecular flexibility index (Phi) is 9.61. The van der Waals surface area contributed by atoms with Crippen molar-refractivity contribution in [1.29, 1.82) is 0 Å².